The summed E-state index contributed by atoms with van der Waals surface area (Å²) in [5.74, 6) is 0. The molecule has 3 rings (SSSR count). The normalized spacial score (nSPS) is 27.5. The van der Waals surface area contributed by atoms with Gasteiger partial charge in [0, 0.05) is 12.8 Å². The van der Waals surface area contributed by atoms with Crippen molar-refractivity contribution in [3.8, 4) is 0 Å². The molecule has 0 amide bonds. The van der Waals surface area contributed by atoms with Crippen LogP contribution in [-0.2, 0) is 0 Å². The summed E-state index contributed by atoms with van der Waals surface area (Å²) in [6.07, 6.45) is 42.2. The number of rotatable bonds is 0. The third-order valence-corrected chi connectivity index (χ3v) is 7.07. The molecule has 32 heavy (non-hydrogen) atoms. The van der Waals surface area contributed by atoms with Crippen molar-refractivity contribution < 1.29 is 9.80 Å². The summed E-state index contributed by atoms with van der Waals surface area (Å²) in [7, 11) is 0. The summed E-state index contributed by atoms with van der Waals surface area (Å²) in [4.78, 5) is 3.26. The average Bonchev–Trinajstić information content (AvgIpc) is 2.81. The second-order valence-electron chi connectivity index (χ2n) is 9.96. The van der Waals surface area contributed by atoms with Crippen LogP contribution in [0.3, 0.4) is 0 Å². The highest BCUT2D eigenvalue weighted by atomic mass is 15.1. The molecule has 0 aromatic carbocycles. The van der Waals surface area contributed by atoms with Crippen molar-refractivity contribution in [2.75, 3.05) is 26.2 Å². The average molecular weight is 437 g/mol. The molecular formula is C30H48N2+2. The van der Waals surface area contributed by atoms with E-state index in [-0.39, 0.29) is 0 Å². The van der Waals surface area contributed by atoms with Crippen LogP contribution in [0.1, 0.15) is 89.9 Å². The highest BCUT2D eigenvalue weighted by Gasteiger charge is 2.12. The Kier molecular flexibility index (Phi) is 12.5. The summed E-state index contributed by atoms with van der Waals surface area (Å²) in [5.41, 5.74) is 3.31. The van der Waals surface area contributed by atoms with Crippen LogP contribution >= 0.6 is 0 Å². The standard InChI is InChI=1S/C30H46N2/c1-3-7-11-15-23-31-25-18-22-30(28-31)20-14-10-6-2-4-8-12-16-24-32-26-17-21-29(27-32)19-13-9-5-1/h7-8,11-12,17-18,21-22,25-26H,1-6,9-10,13-16,19-20,23-24,27-28H2/p+2. The van der Waals surface area contributed by atoms with Gasteiger partial charge in [-0.3, -0.25) is 0 Å². The van der Waals surface area contributed by atoms with E-state index in [1.807, 2.05) is 0 Å². The molecule has 0 aromatic heterocycles. The van der Waals surface area contributed by atoms with E-state index in [4.69, 9.17) is 0 Å². The molecule has 2 N–H and O–H groups in total. The molecule has 2 unspecified atom stereocenters. The van der Waals surface area contributed by atoms with Gasteiger partial charge in [-0.15, -0.1) is 0 Å². The number of nitrogens with one attached hydrogen (secondary N) is 2. The van der Waals surface area contributed by atoms with Gasteiger partial charge in [0.15, 0.2) is 0 Å². The van der Waals surface area contributed by atoms with Crippen molar-refractivity contribution in [2.24, 2.45) is 0 Å². The van der Waals surface area contributed by atoms with Gasteiger partial charge in [0.2, 0.25) is 0 Å². The van der Waals surface area contributed by atoms with Crippen molar-refractivity contribution in [1.29, 1.82) is 0 Å². The van der Waals surface area contributed by atoms with Crippen molar-refractivity contribution in [2.45, 2.75) is 89.9 Å². The maximum atomic E-state index is 2.43. The van der Waals surface area contributed by atoms with Crippen LogP contribution in [0.2, 0.25) is 0 Å². The minimum Gasteiger partial charge on any atom is -0.305 e. The van der Waals surface area contributed by atoms with Crippen molar-refractivity contribution in [1.82, 2.24) is 0 Å². The zero-order valence-corrected chi connectivity index (χ0v) is 20.5. The minimum absolute atomic E-state index is 1.21. The van der Waals surface area contributed by atoms with Crippen LogP contribution in [0.25, 0.3) is 0 Å². The quantitative estimate of drug-likeness (QED) is 0.480. The third kappa shape index (κ3) is 10.8. The van der Waals surface area contributed by atoms with Crippen LogP contribution in [0.4, 0.5) is 0 Å². The van der Waals surface area contributed by atoms with Gasteiger partial charge in [-0.1, -0.05) is 62.1 Å². The largest absolute Gasteiger partial charge is 0.305 e. The molecule has 0 saturated carbocycles. The molecule has 2 atom stereocenters. The Labute approximate surface area is 198 Å². The lowest BCUT2D eigenvalue weighted by Crippen LogP contribution is -3.08. The first-order chi connectivity index (χ1) is 15.9. The van der Waals surface area contributed by atoms with Crippen LogP contribution < -0.4 is 9.80 Å². The fraction of sp³-hybridized carbons (Fsp3) is 0.600. The van der Waals surface area contributed by atoms with Crippen molar-refractivity contribution in [3.63, 3.8) is 0 Å². The lowest BCUT2D eigenvalue weighted by atomic mass is 10.0. The molecule has 2 nitrogen and oxygen atoms in total. The fourth-order valence-corrected chi connectivity index (χ4v) is 5.09. The highest BCUT2D eigenvalue weighted by Crippen LogP contribution is 2.13. The maximum absolute atomic E-state index is 2.43. The van der Waals surface area contributed by atoms with E-state index in [1.54, 1.807) is 20.9 Å². The molecule has 0 fully saturated rings. The minimum atomic E-state index is 1.21. The van der Waals surface area contributed by atoms with Crippen LogP contribution in [0.15, 0.2) is 72.2 Å². The maximum Gasteiger partial charge on any atom is 0.103 e. The van der Waals surface area contributed by atoms with Crippen molar-refractivity contribution in [3.05, 3.63) is 72.2 Å². The van der Waals surface area contributed by atoms with Crippen LogP contribution in [0.5, 0.6) is 0 Å². The van der Waals surface area contributed by atoms with Gasteiger partial charge in [-0.2, -0.15) is 0 Å². The Hall–Kier alpha value is -1.64. The van der Waals surface area contributed by atoms with Gasteiger partial charge in [0.25, 0.3) is 0 Å². The molecule has 0 aromatic rings. The summed E-state index contributed by atoms with van der Waals surface area (Å²) >= 11 is 0. The molecule has 2 heteroatoms. The second kappa shape index (κ2) is 16.0. The van der Waals surface area contributed by atoms with E-state index in [9.17, 15) is 0 Å². The molecule has 0 aliphatic carbocycles. The Morgan fingerprint density at radius 2 is 0.906 bits per heavy atom. The summed E-state index contributed by atoms with van der Waals surface area (Å²) in [6.45, 7) is 4.91. The number of fused-ring (bicyclic) bond motifs is 4. The first kappa shape index (κ1) is 25.0. The lowest BCUT2D eigenvalue weighted by Gasteiger charge is -2.19. The van der Waals surface area contributed by atoms with Gasteiger partial charge in [-0.25, -0.2) is 0 Å². The van der Waals surface area contributed by atoms with Gasteiger partial charge >= 0.3 is 0 Å². The topological polar surface area (TPSA) is 8.88 Å². The van der Waals surface area contributed by atoms with Gasteiger partial charge in [0.05, 0.1) is 25.5 Å². The van der Waals surface area contributed by atoms with Gasteiger partial charge in [0.1, 0.15) is 13.1 Å². The molecule has 176 valence electrons. The predicted molar refractivity (Wildman–Crippen MR) is 139 cm³/mol. The van der Waals surface area contributed by atoms with Crippen molar-refractivity contribution >= 4 is 0 Å². The monoisotopic (exact) mass is 436 g/mol. The summed E-state index contributed by atoms with van der Waals surface area (Å²) in [5, 5.41) is 0. The Morgan fingerprint density at radius 3 is 1.41 bits per heavy atom. The number of quaternary nitrogens is 2. The van der Waals surface area contributed by atoms with Crippen LogP contribution in [0, 0.1) is 0 Å². The summed E-state index contributed by atoms with van der Waals surface area (Å²) in [6, 6.07) is 0. The van der Waals surface area contributed by atoms with E-state index < -0.39 is 0 Å². The first-order valence-corrected chi connectivity index (χ1v) is 13.6. The zero-order chi connectivity index (χ0) is 22.1. The molecule has 3 heterocycles. The number of allylic oxidation sites excluding steroid dienone is 6. The molecule has 4 bridgehead atoms. The molecule has 0 radical (unpaired) electrons. The molecule has 3 aliphatic rings. The van der Waals surface area contributed by atoms with E-state index in [0.717, 1.165) is 0 Å². The lowest BCUT2D eigenvalue weighted by molar-refractivity contribution is -0.842. The molecule has 3 aliphatic heterocycles. The Balaban J connectivity index is 1.41. The van der Waals surface area contributed by atoms with E-state index in [1.165, 1.54) is 116 Å². The SMILES string of the molecule is C1=C[NH+]2CCC=CCCCCCCC3=CC=C[NH+](CCC=CCCCCCCC(=C1)C2)C3. The number of hydrogen-bond acceptors (Lipinski definition) is 0. The summed E-state index contributed by atoms with van der Waals surface area (Å²) < 4.78 is 0. The molecular weight excluding hydrogens is 388 g/mol. The fourth-order valence-electron chi connectivity index (χ4n) is 5.09. The van der Waals surface area contributed by atoms with E-state index in [2.05, 4.69) is 61.0 Å². The van der Waals surface area contributed by atoms with Crippen LogP contribution in [-0.4, -0.2) is 26.2 Å². The number of hydrogen-bond donors (Lipinski definition) is 2. The first-order valence-electron chi connectivity index (χ1n) is 13.6. The second-order valence-corrected chi connectivity index (χ2v) is 9.96. The third-order valence-electron chi connectivity index (χ3n) is 7.07. The highest BCUT2D eigenvalue weighted by molar-refractivity contribution is 5.14. The Morgan fingerprint density at radius 1 is 0.469 bits per heavy atom. The Bertz CT molecular complexity index is 632. The molecule has 0 saturated heterocycles. The van der Waals surface area contributed by atoms with E-state index in [0.29, 0.717) is 0 Å². The smallest absolute Gasteiger partial charge is 0.103 e. The zero-order valence-electron chi connectivity index (χ0n) is 20.5. The molecule has 0 spiro atoms. The predicted octanol–water partition coefficient (Wildman–Crippen LogP) is 5.25. The van der Waals surface area contributed by atoms with Gasteiger partial charge < -0.3 is 9.80 Å². The van der Waals surface area contributed by atoms with Gasteiger partial charge in [-0.05, 0) is 74.7 Å². The van der Waals surface area contributed by atoms with E-state index >= 15 is 0 Å².